The van der Waals surface area contributed by atoms with Gasteiger partial charge < -0.3 is 10.4 Å². The summed E-state index contributed by atoms with van der Waals surface area (Å²) in [5.41, 5.74) is 2.93. The molecule has 1 unspecified atom stereocenters. The number of hydrogen-bond donors (Lipinski definition) is 3. The van der Waals surface area contributed by atoms with E-state index in [1.54, 1.807) is 6.07 Å². The number of rotatable bonds is 6. The van der Waals surface area contributed by atoms with Crippen LogP contribution in [0.1, 0.15) is 28.6 Å². The molecular formula is C19H19N3O2. The fraction of sp³-hybridized carbons (Fsp3) is 0.158. The van der Waals surface area contributed by atoms with Gasteiger partial charge in [-0.15, -0.1) is 0 Å². The molecule has 1 heterocycles. The number of aromatic amines is 1. The standard InChI is InChI=1S/C19H19N3O2/c23-18(15-9-5-2-6-10-15)11-12-20-19(24)17-13-16(21-22-17)14-7-3-1-4-8-14/h1-10,13,18,23H,11-12H2,(H,20,24)(H,21,22). The van der Waals surface area contributed by atoms with Gasteiger partial charge in [-0.3, -0.25) is 9.89 Å². The van der Waals surface area contributed by atoms with Crippen molar-refractivity contribution < 1.29 is 9.90 Å². The molecule has 0 saturated heterocycles. The number of amides is 1. The van der Waals surface area contributed by atoms with Crippen LogP contribution in [0.4, 0.5) is 0 Å². The highest BCUT2D eigenvalue weighted by Gasteiger charge is 2.12. The Morgan fingerprint density at radius 3 is 2.46 bits per heavy atom. The van der Waals surface area contributed by atoms with Gasteiger partial charge in [-0.25, -0.2) is 0 Å². The molecule has 3 N–H and O–H groups in total. The van der Waals surface area contributed by atoms with Crippen molar-refractivity contribution in [3.63, 3.8) is 0 Å². The van der Waals surface area contributed by atoms with Gasteiger partial charge in [-0.1, -0.05) is 60.7 Å². The molecule has 0 saturated carbocycles. The van der Waals surface area contributed by atoms with Gasteiger partial charge >= 0.3 is 0 Å². The molecule has 122 valence electrons. The highest BCUT2D eigenvalue weighted by molar-refractivity contribution is 5.93. The van der Waals surface area contributed by atoms with Gasteiger partial charge in [-0.05, 0) is 18.1 Å². The quantitative estimate of drug-likeness (QED) is 0.653. The predicted molar refractivity (Wildman–Crippen MR) is 92.4 cm³/mol. The smallest absolute Gasteiger partial charge is 0.269 e. The molecule has 1 aromatic heterocycles. The van der Waals surface area contributed by atoms with Gasteiger partial charge in [0.15, 0.2) is 0 Å². The average Bonchev–Trinajstić information content (AvgIpc) is 3.13. The molecule has 3 rings (SSSR count). The summed E-state index contributed by atoms with van der Waals surface area (Å²) in [6.45, 7) is 0.384. The number of nitrogens with one attached hydrogen (secondary N) is 2. The maximum absolute atomic E-state index is 12.1. The van der Waals surface area contributed by atoms with Crippen LogP contribution in [0.5, 0.6) is 0 Å². The molecule has 5 nitrogen and oxygen atoms in total. The third-order valence-electron chi connectivity index (χ3n) is 3.78. The summed E-state index contributed by atoms with van der Waals surface area (Å²) in [5, 5.41) is 19.8. The van der Waals surface area contributed by atoms with E-state index in [1.807, 2.05) is 60.7 Å². The summed E-state index contributed by atoms with van der Waals surface area (Å²) in [7, 11) is 0. The van der Waals surface area contributed by atoms with Crippen molar-refractivity contribution in [1.82, 2.24) is 15.5 Å². The highest BCUT2D eigenvalue weighted by Crippen LogP contribution is 2.17. The monoisotopic (exact) mass is 321 g/mol. The first-order valence-electron chi connectivity index (χ1n) is 7.86. The van der Waals surface area contributed by atoms with Crippen molar-refractivity contribution in [3.8, 4) is 11.3 Å². The molecule has 1 atom stereocenters. The number of aliphatic hydroxyl groups excluding tert-OH is 1. The molecule has 0 aliphatic rings. The topological polar surface area (TPSA) is 78.0 Å². The van der Waals surface area contributed by atoms with Crippen LogP contribution < -0.4 is 5.32 Å². The fourth-order valence-electron chi connectivity index (χ4n) is 2.45. The Morgan fingerprint density at radius 2 is 1.75 bits per heavy atom. The summed E-state index contributed by atoms with van der Waals surface area (Å²) in [4.78, 5) is 12.1. The van der Waals surface area contributed by atoms with Gasteiger partial charge in [0.25, 0.3) is 5.91 Å². The summed E-state index contributed by atoms with van der Waals surface area (Å²) in [6.07, 6.45) is -0.136. The Balaban J connectivity index is 1.53. The van der Waals surface area contributed by atoms with Crippen molar-refractivity contribution in [2.75, 3.05) is 6.54 Å². The first-order valence-corrected chi connectivity index (χ1v) is 7.86. The van der Waals surface area contributed by atoms with E-state index < -0.39 is 6.10 Å². The Hall–Kier alpha value is -2.92. The third kappa shape index (κ3) is 3.88. The first kappa shape index (κ1) is 16.0. The van der Waals surface area contributed by atoms with E-state index in [0.29, 0.717) is 18.7 Å². The predicted octanol–water partition coefficient (Wildman–Crippen LogP) is 2.93. The molecule has 0 bridgehead atoms. The van der Waals surface area contributed by atoms with E-state index >= 15 is 0 Å². The molecule has 3 aromatic rings. The lowest BCUT2D eigenvalue weighted by molar-refractivity contribution is 0.0937. The minimum absolute atomic E-state index is 0.232. The second kappa shape index (κ2) is 7.57. The van der Waals surface area contributed by atoms with Crippen molar-refractivity contribution in [3.05, 3.63) is 78.0 Å². The maximum Gasteiger partial charge on any atom is 0.269 e. The van der Waals surface area contributed by atoms with Crippen LogP contribution in [0.3, 0.4) is 0 Å². The number of benzene rings is 2. The van der Waals surface area contributed by atoms with Crippen molar-refractivity contribution >= 4 is 5.91 Å². The number of nitrogens with zero attached hydrogens (tertiary/aromatic N) is 1. The molecule has 2 aromatic carbocycles. The molecule has 0 radical (unpaired) electrons. The molecule has 24 heavy (non-hydrogen) atoms. The largest absolute Gasteiger partial charge is 0.388 e. The number of aromatic nitrogens is 2. The Bertz CT molecular complexity index is 785. The van der Waals surface area contributed by atoms with Gasteiger partial charge in [0.2, 0.25) is 0 Å². The molecule has 0 fully saturated rings. The number of carbonyl (C=O) groups is 1. The number of H-pyrrole nitrogens is 1. The number of hydrogen-bond acceptors (Lipinski definition) is 3. The zero-order valence-electron chi connectivity index (χ0n) is 13.1. The summed E-state index contributed by atoms with van der Waals surface area (Å²) >= 11 is 0. The van der Waals surface area contributed by atoms with E-state index in [4.69, 9.17) is 0 Å². The normalized spacial score (nSPS) is 11.9. The molecule has 0 spiro atoms. The van der Waals surface area contributed by atoms with Crippen molar-refractivity contribution in [2.24, 2.45) is 0 Å². The Kier molecular flexibility index (Phi) is 5.03. The van der Waals surface area contributed by atoms with Crippen LogP contribution in [-0.4, -0.2) is 27.8 Å². The van der Waals surface area contributed by atoms with Crippen LogP contribution in [0.2, 0.25) is 0 Å². The molecule has 5 heteroatoms. The third-order valence-corrected chi connectivity index (χ3v) is 3.78. The van der Waals surface area contributed by atoms with Crippen LogP contribution in [0.15, 0.2) is 66.7 Å². The van der Waals surface area contributed by atoms with E-state index in [9.17, 15) is 9.90 Å². The SMILES string of the molecule is O=C(NCCC(O)c1ccccc1)c1cc(-c2ccccc2)n[nH]1. The summed E-state index contributed by atoms with van der Waals surface area (Å²) in [6, 6.07) is 20.8. The first-order chi connectivity index (χ1) is 11.7. The van der Waals surface area contributed by atoms with Gasteiger partial charge in [0.05, 0.1) is 11.8 Å². The lowest BCUT2D eigenvalue weighted by Crippen LogP contribution is -2.26. The molecule has 0 aliphatic heterocycles. The highest BCUT2D eigenvalue weighted by atomic mass is 16.3. The van der Waals surface area contributed by atoms with Gasteiger partial charge in [0, 0.05) is 12.1 Å². The molecule has 0 aliphatic carbocycles. The maximum atomic E-state index is 12.1. The number of carbonyl (C=O) groups excluding carboxylic acids is 1. The lowest BCUT2D eigenvalue weighted by Gasteiger charge is -2.11. The van der Waals surface area contributed by atoms with Gasteiger partial charge in [0.1, 0.15) is 5.69 Å². The average molecular weight is 321 g/mol. The lowest BCUT2D eigenvalue weighted by atomic mass is 10.1. The summed E-state index contributed by atoms with van der Waals surface area (Å²) < 4.78 is 0. The Labute approximate surface area is 140 Å². The van der Waals surface area contributed by atoms with E-state index in [2.05, 4.69) is 15.5 Å². The van der Waals surface area contributed by atoms with E-state index in [-0.39, 0.29) is 5.91 Å². The van der Waals surface area contributed by atoms with Crippen molar-refractivity contribution in [2.45, 2.75) is 12.5 Å². The van der Waals surface area contributed by atoms with Crippen LogP contribution >= 0.6 is 0 Å². The van der Waals surface area contributed by atoms with Crippen LogP contribution in [-0.2, 0) is 0 Å². The molecule has 1 amide bonds. The number of aliphatic hydroxyl groups is 1. The second-order valence-corrected chi connectivity index (χ2v) is 5.50. The van der Waals surface area contributed by atoms with Crippen molar-refractivity contribution in [1.29, 1.82) is 0 Å². The van der Waals surface area contributed by atoms with E-state index in [1.165, 1.54) is 0 Å². The van der Waals surface area contributed by atoms with Gasteiger partial charge in [-0.2, -0.15) is 5.10 Å². The fourth-order valence-corrected chi connectivity index (χ4v) is 2.45. The minimum atomic E-state index is -0.590. The van der Waals surface area contributed by atoms with Crippen LogP contribution in [0.25, 0.3) is 11.3 Å². The Morgan fingerprint density at radius 1 is 1.08 bits per heavy atom. The molecular weight excluding hydrogens is 302 g/mol. The zero-order valence-corrected chi connectivity index (χ0v) is 13.1. The van der Waals surface area contributed by atoms with Crippen LogP contribution in [0, 0.1) is 0 Å². The minimum Gasteiger partial charge on any atom is -0.388 e. The zero-order chi connectivity index (χ0) is 16.8. The van der Waals surface area contributed by atoms with E-state index in [0.717, 1.165) is 16.8 Å². The summed E-state index contributed by atoms with van der Waals surface area (Å²) in [5.74, 6) is -0.232. The second-order valence-electron chi connectivity index (χ2n) is 5.50.